The molecule has 39 heavy (non-hydrogen) atoms. The molecule has 0 amide bonds. The molecule has 0 aliphatic rings. The number of aryl methyl sites for hydroxylation is 2. The molecule has 0 N–H and O–H groups in total. The first-order valence-corrected chi connectivity index (χ1v) is 13.5. The maximum Gasteiger partial charge on any atom is 0.0618 e. The molecule has 0 bridgehead atoms. The van der Waals surface area contributed by atoms with Gasteiger partial charge in [0.15, 0.2) is 0 Å². The Kier molecular flexibility index (Phi) is 6.80. The van der Waals surface area contributed by atoms with Gasteiger partial charge in [0.2, 0.25) is 0 Å². The standard InChI is InChI=1S/C38H31N/c1-28-18-22-34(23-19-28)39(35-24-20-29(2)21-25-35)38-36(31-14-8-4-9-15-31)26-33(30-12-6-3-7-13-30)27-37(38)32-16-10-5-11-17-32/h3-27H,1-2H3. The number of benzene rings is 6. The van der Waals surface area contributed by atoms with Crippen LogP contribution in [-0.2, 0) is 0 Å². The zero-order chi connectivity index (χ0) is 26.6. The van der Waals surface area contributed by atoms with Gasteiger partial charge in [-0.15, -0.1) is 0 Å². The summed E-state index contributed by atoms with van der Waals surface area (Å²) in [4.78, 5) is 2.42. The van der Waals surface area contributed by atoms with Gasteiger partial charge in [0.1, 0.15) is 0 Å². The third kappa shape index (κ3) is 5.12. The number of hydrogen-bond donors (Lipinski definition) is 0. The largest absolute Gasteiger partial charge is 0.309 e. The number of rotatable bonds is 6. The summed E-state index contributed by atoms with van der Waals surface area (Å²) in [6.45, 7) is 4.28. The van der Waals surface area contributed by atoms with Crippen LogP contribution in [0.5, 0.6) is 0 Å². The lowest BCUT2D eigenvalue weighted by Crippen LogP contribution is -2.13. The summed E-state index contributed by atoms with van der Waals surface area (Å²) in [7, 11) is 0. The van der Waals surface area contributed by atoms with E-state index in [0.717, 1.165) is 11.4 Å². The lowest BCUT2D eigenvalue weighted by Gasteiger charge is -2.31. The van der Waals surface area contributed by atoms with E-state index in [4.69, 9.17) is 0 Å². The molecule has 0 atom stereocenters. The molecule has 0 radical (unpaired) electrons. The first-order chi connectivity index (χ1) is 19.2. The number of hydrogen-bond acceptors (Lipinski definition) is 1. The molecule has 1 nitrogen and oxygen atoms in total. The molecule has 6 aromatic rings. The fourth-order valence-electron chi connectivity index (χ4n) is 5.14. The van der Waals surface area contributed by atoms with Crippen molar-refractivity contribution in [3.63, 3.8) is 0 Å². The molecule has 0 saturated heterocycles. The van der Waals surface area contributed by atoms with Crippen molar-refractivity contribution in [2.75, 3.05) is 4.90 Å². The summed E-state index contributed by atoms with van der Waals surface area (Å²) in [5.41, 5.74) is 13.1. The summed E-state index contributed by atoms with van der Waals surface area (Å²) in [5.74, 6) is 0. The summed E-state index contributed by atoms with van der Waals surface area (Å²) >= 11 is 0. The van der Waals surface area contributed by atoms with Crippen LogP contribution in [0.2, 0.25) is 0 Å². The smallest absolute Gasteiger partial charge is 0.0618 e. The van der Waals surface area contributed by atoms with Crippen molar-refractivity contribution in [2.45, 2.75) is 13.8 Å². The minimum absolute atomic E-state index is 1.13. The Hall–Kier alpha value is -4.88. The Morgan fingerprint density at radius 2 is 0.718 bits per heavy atom. The third-order valence-corrected chi connectivity index (χ3v) is 7.19. The van der Waals surface area contributed by atoms with E-state index in [1.165, 1.54) is 50.2 Å². The Balaban J connectivity index is 1.73. The van der Waals surface area contributed by atoms with Gasteiger partial charge < -0.3 is 4.90 Å². The van der Waals surface area contributed by atoms with E-state index in [-0.39, 0.29) is 0 Å². The molecule has 0 aliphatic carbocycles. The van der Waals surface area contributed by atoms with Gasteiger partial charge >= 0.3 is 0 Å². The summed E-state index contributed by atoms with van der Waals surface area (Å²) in [6, 6.07) is 54.6. The van der Waals surface area contributed by atoms with Crippen LogP contribution < -0.4 is 4.90 Å². The molecule has 6 rings (SSSR count). The summed E-state index contributed by atoms with van der Waals surface area (Å²) in [5, 5.41) is 0. The third-order valence-electron chi connectivity index (χ3n) is 7.19. The second kappa shape index (κ2) is 10.8. The molecule has 0 aromatic heterocycles. The lowest BCUT2D eigenvalue weighted by atomic mass is 9.90. The molecule has 0 saturated carbocycles. The number of anilines is 3. The van der Waals surface area contributed by atoms with E-state index >= 15 is 0 Å². The minimum atomic E-state index is 1.13. The highest BCUT2D eigenvalue weighted by molar-refractivity contribution is 6.00. The maximum absolute atomic E-state index is 2.42. The molecular formula is C38H31N. The second-order valence-electron chi connectivity index (χ2n) is 10.0. The van der Waals surface area contributed by atoms with Crippen molar-refractivity contribution < 1.29 is 0 Å². The van der Waals surface area contributed by atoms with Crippen LogP contribution in [0.1, 0.15) is 11.1 Å². The van der Waals surface area contributed by atoms with Crippen molar-refractivity contribution in [1.82, 2.24) is 0 Å². The van der Waals surface area contributed by atoms with E-state index in [1.54, 1.807) is 0 Å². The molecule has 0 spiro atoms. The van der Waals surface area contributed by atoms with E-state index in [1.807, 2.05) is 0 Å². The van der Waals surface area contributed by atoms with E-state index in [2.05, 4.69) is 170 Å². The Morgan fingerprint density at radius 3 is 1.10 bits per heavy atom. The average molecular weight is 502 g/mol. The molecule has 6 aromatic carbocycles. The highest BCUT2D eigenvalue weighted by Crippen LogP contribution is 2.48. The van der Waals surface area contributed by atoms with Gasteiger partial charge in [0.25, 0.3) is 0 Å². The van der Waals surface area contributed by atoms with Crippen molar-refractivity contribution in [3.05, 3.63) is 163 Å². The van der Waals surface area contributed by atoms with Gasteiger partial charge in [-0.3, -0.25) is 0 Å². The first kappa shape index (κ1) is 24.5. The Morgan fingerprint density at radius 1 is 0.359 bits per heavy atom. The van der Waals surface area contributed by atoms with E-state index in [9.17, 15) is 0 Å². The predicted octanol–water partition coefficient (Wildman–Crippen LogP) is 10.8. The summed E-state index contributed by atoms with van der Waals surface area (Å²) in [6.07, 6.45) is 0. The molecular weight excluding hydrogens is 470 g/mol. The topological polar surface area (TPSA) is 3.24 Å². The SMILES string of the molecule is Cc1ccc(N(c2ccc(C)cc2)c2c(-c3ccccc3)cc(-c3ccccc3)cc2-c2ccccc2)cc1. The second-order valence-corrected chi connectivity index (χ2v) is 10.0. The van der Waals surface area contributed by atoms with E-state index in [0.29, 0.717) is 0 Å². The Labute approximate surface area is 231 Å². The highest BCUT2D eigenvalue weighted by atomic mass is 15.1. The van der Waals surface area contributed by atoms with Crippen LogP contribution in [0, 0.1) is 13.8 Å². The van der Waals surface area contributed by atoms with Crippen LogP contribution >= 0.6 is 0 Å². The number of nitrogens with zero attached hydrogens (tertiary/aromatic N) is 1. The Bertz CT molecular complexity index is 1560. The molecule has 0 unspecified atom stereocenters. The van der Waals surface area contributed by atoms with Crippen LogP contribution in [-0.4, -0.2) is 0 Å². The van der Waals surface area contributed by atoms with E-state index < -0.39 is 0 Å². The zero-order valence-corrected chi connectivity index (χ0v) is 22.4. The molecule has 1 heteroatoms. The summed E-state index contributed by atoms with van der Waals surface area (Å²) < 4.78 is 0. The molecule has 188 valence electrons. The fourth-order valence-corrected chi connectivity index (χ4v) is 5.14. The van der Waals surface area contributed by atoms with Crippen LogP contribution in [0.4, 0.5) is 17.1 Å². The van der Waals surface area contributed by atoms with Crippen molar-refractivity contribution in [2.24, 2.45) is 0 Å². The van der Waals surface area contributed by atoms with Crippen LogP contribution in [0.25, 0.3) is 33.4 Å². The molecule has 0 heterocycles. The monoisotopic (exact) mass is 501 g/mol. The first-order valence-electron chi connectivity index (χ1n) is 13.5. The fraction of sp³-hybridized carbons (Fsp3) is 0.0526. The van der Waals surface area contributed by atoms with Crippen molar-refractivity contribution in [3.8, 4) is 33.4 Å². The quantitative estimate of drug-likeness (QED) is 0.219. The van der Waals surface area contributed by atoms with Crippen LogP contribution in [0.15, 0.2) is 152 Å². The van der Waals surface area contributed by atoms with Gasteiger partial charge in [-0.2, -0.15) is 0 Å². The average Bonchev–Trinajstić information content (AvgIpc) is 3.00. The predicted molar refractivity (Wildman–Crippen MR) is 167 cm³/mol. The molecule has 0 fully saturated rings. The van der Waals surface area contributed by atoms with Gasteiger partial charge in [-0.05, 0) is 72.5 Å². The lowest BCUT2D eigenvalue weighted by molar-refractivity contribution is 1.27. The normalized spacial score (nSPS) is 10.8. The van der Waals surface area contributed by atoms with Gasteiger partial charge in [0, 0.05) is 22.5 Å². The maximum atomic E-state index is 2.42. The van der Waals surface area contributed by atoms with Crippen molar-refractivity contribution >= 4 is 17.1 Å². The van der Waals surface area contributed by atoms with Gasteiger partial charge in [-0.25, -0.2) is 0 Å². The highest BCUT2D eigenvalue weighted by Gasteiger charge is 2.23. The molecule has 0 aliphatic heterocycles. The minimum Gasteiger partial charge on any atom is -0.309 e. The van der Waals surface area contributed by atoms with Gasteiger partial charge in [-0.1, -0.05) is 126 Å². The zero-order valence-electron chi connectivity index (χ0n) is 22.4. The van der Waals surface area contributed by atoms with Crippen molar-refractivity contribution in [1.29, 1.82) is 0 Å². The van der Waals surface area contributed by atoms with Crippen LogP contribution in [0.3, 0.4) is 0 Å². The van der Waals surface area contributed by atoms with Gasteiger partial charge in [0.05, 0.1) is 5.69 Å².